The average Bonchev–Trinajstić information content (AvgIpc) is 3.25. The summed E-state index contributed by atoms with van der Waals surface area (Å²) in [5.41, 5.74) is 0.918. The average molecular weight is 574 g/mol. The third-order valence-electron chi connectivity index (χ3n) is 5.92. The molecule has 1 fully saturated rings. The van der Waals surface area contributed by atoms with E-state index in [9.17, 15) is 30.8 Å². The molecule has 0 aliphatic carbocycles. The second kappa shape index (κ2) is 11.7. The summed E-state index contributed by atoms with van der Waals surface area (Å²) in [5.74, 6) is -2.85. The Balaban J connectivity index is 1.78. The van der Waals surface area contributed by atoms with Crippen LogP contribution >= 0.6 is 11.6 Å². The van der Waals surface area contributed by atoms with Gasteiger partial charge in [0.25, 0.3) is 0 Å². The minimum absolute atomic E-state index is 0.0978. The molecule has 0 bridgehead atoms. The summed E-state index contributed by atoms with van der Waals surface area (Å²) < 4.78 is 79.1. The smallest absolute Gasteiger partial charge is 0.351 e. The van der Waals surface area contributed by atoms with E-state index >= 15 is 0 Å². The van der Waals surface area contributed by atoms with Gasteiger partial charge >= 0.3 is 6.18 Å². The number of alkyl halides is 3. The predicted molar refractivity (Wildman–Crippen MR) is 136 cm³/mol. The molecule has 2 aromatic rings. The molecule has 1 N–H and O–H groups in total. The van der Waals surface area contributed by atoms with Crippen LogP contribution in [0.1, 0.15) is 31.5 Å². The lowest BCUT2D eigenvalue weighted by Gasteiger charge is -2.25. The van der Waals surface area contributed by atoms with Crippen molar-refractivity contribution < 1.29 is 30.8 Å². The number of carbonyl (C=O) groups is 1. The molecule has 0 radical (unpaired) electrons. The van der Waals surface area contributed by atoms with Crippen LogP contribution < -0.4 is 5.32 Å². The first-order chi connectivity index (χ1) is 17.8. The van der Waals surface area contributed by atoms with Crippen LogP contribution in [0, 0.1) is 11.7 Å². The highest BCUT2D eigenvalue weighted by molar-refractivity contribution is 7.89. The number of benzene rings is 1. The number of halogens is 5. The first-order valence-electron chi connectivity index (χ1n) is 11.2. The number of allylic oxidation sites excluding steroid dienone is 1. The number of hydrogen-bond donors (Lipinski definition) is 1. The highest BCUT2D eigenvalue weighted by Gasteiger charge is 2.43. The van der Waals surface area contributed by atoms with Crippen molar-refractivity contribution >= 4 is 45.7 Å². The standard InChI is InChI=1S/C24H24ClF4N5O3S/c1-14-8-9-34(38(36,37)18-6-4-17(26)5-7-18)21(14)22(35)32-12-16-10-20(31-13-19(16)25)15(2)11-33-23(30-3)24(27,28)29/h4-7,10-11,13-14,21H,3,8-9,12H2,1-2H3,(H,32,35)/b15-11+,33-23-/t14-,21-/m0/s1. The number of pyridine rings is 1. The summed E-state index contributed by atoms with van der Waals surface area (Å²) >= 11 is 6.21. The zero-order chi connectivity index (χ0) is 28.3. The second-order valence-corrected chi connectivity index (χ2v) is 10.9. The molecular formula is C24H24ClF4N5O3S. The van der Waals surface area contributed by atoms with Crippen LogP contribution in [-0.4, -0.2) is 54.9 Å². The third-order valence-corrected chi connectivity index (χ3v) is 8.15. The summed E-state index contributed by atoms with van der Waals surface area (Å²) in [4.78, 5) is 23.3. The van der Waals surface area contributed by atoms with Crippen LogP contribution in [0.3, 0.4) is 0 Å². The summed E-state index contributed by atoms with van der Waals surface area (Å²) in [5, 5.41) is 2.87. The maximum absolute atomic E-state index is 13.3. The van der Waals surface area contributed by atoms with Crippen molar-refractivity contribution in [2.24, 2.45) is 15.9 Å². The Morgan fingerprint density at radius 3 is 2.58 bits per heavy atom. The van der Waals surface area contributed by atoms with Crippen LogP contribution in [0.5, 0.6) is 0 Å². The van der Waals surface area contributed by atoms with Gasteiger partial charge in [-0.05, 0) is 67.4 Å². The Morgan fingerprint density at radius 2 is 1.97 bits per heavy atom. The number of nitrogens with zero attached hydrogens (tertiary/aromatic N) is 4. The van der Waals surface area contributed by atoms with Crippen molar-refractivity contribution in [1.82, 2.24) is 14.6 Å². The summed E-state index contributed by atoms with van der Waals surface area (Å²) in [6.07, 6.45) is -2.10. The van der Waals surface area contributed by atoms with Crippen molar-refractivity contribution in [2.45, 2.75) is 43.9 Å². The lowest BCUT2D eigenvalue weighted by molar-refractivity contribution is -0.125. The molecule has 1 aliphatic heterocycles. The molecule has 204 valence electrons. The number of aromatic nitrogens is 1. The topological polar surface area (TPSA) is 104 Å². The van der Waals surface area contributed by atoms with Gasteiger partial charge in [-0.15, -0.1) is 0 Å². The fourth-order valence-corrected chi connectivity index (χ4v) is 5.73. The van der Waals surface area contributed by atoms with Crippen LogP contribution in [0.2, 0.25) is 5.02 Å². The number of amides is 1. The number of nitrogens with one attached hydrogen (secondary N) is 1. The SMILES string of the molecule is C=N/C(=N\C=C(/C)c1cc(CNC(=O)[C@@H]2[C@@H](C)CCN2S(=O)(=O)c2ccc(F)cc2)c(Cl)cn1)C(F)(F)F. The number of aliphatic imine (C=N–C) groups is 2. The van der Waals surface area contributed by atoms with Gasteiger partial charge < -0.3 is 5.32 Å². The van der Waals surface area contributed by atoms with E-state index in [0.717, 1.165) is 34.8 Å². The van der Waals surface area contributed by atoms with Gasteiger partial charge in [-0.1, -0.05) is 18.5 Å². The lowest BCUT2D eigenvalue weighted by atomic mass is 10.0. The molecule has 8 nitrogen and oxygen atoms in total. The monoisotopic (exact) mass is 573 g/mol. The molecule has 3 rings (SSSR count). The Kier molecular flexibility index (Phi) is 9.05. The van der Waals surface area contributed by atoms with Crippen molar-refractivity contribution in [1.29, 1.82) is 0 Å². The van der Waals surface area contributed by atoms with Crippen LogP contribution in [-0.2, 0) is 21.4 Å². The molecule has 2 heterocycles. The Labute approximate surface area is 222 Å². The van der Waals surface area contributed by atoms with E-state index in [1.165, 1.54) is 19.2 Å². The molecule has 1 amide bonds. The van der Waals surface area contributed by atoms with Gasteiger partial charge in [0.1, 0.15) is 11.9 Å². The molecule has 1 saturated heterocycles. The van der Waals surface area contributed by atoms with Gasteiger partial charge in [-0.25, -0.2) is 22.8 Å². The van der Waals surface area contributed by atoms with E-state index < -0.39 is 39.8 Å². The highest BCUT2D eigenvalue weighted by Crippen LogP contribution is 2.31. The number of carbonyl (C=O) groups excluding carboxylic acids is 1. The van der Waals surface area contributed by atoms with Crippen molar-refractivity contribution in [3.8, 4) is 0 Å². The Morgan fingerprint density at radius 1 is 1.32 bits per heavy atom. The molecular weight excluding hydrogens is 550 g/mol. The first-order valence-corrected chi connectivity index (χ1v) is 13.1. The van der Waals surface area contributed by atoms with E-state index in [1.807, 2.05) is 0 Å². The molecule has 38 heavy (non-hydrogen) atoms. The Bertz CT molecular complexity index is 1380. The number of amidine groups is 1. The lowest BCUT2D eigenvalue weighted by Crippen LogP contribution is -2.47. The third kappa shape index (κ3) is 6.63. The highest BCUT2D eigenvalue weighted by atomic mass is 35.5. The van der Waals surface area contributed by atoms with Gasteiger partial charge in [-0.3, -0.25) is 9.78 Å². The minimum Gasteiger partial charge on any atom is -0.351 e. The minimum atomic E-state index is -4.77. The quantitative estimate of drug-likeness (QED) is 0.297. The zero-order valence-corrected chi connectivity index (χ0v) is 21.9. The van der Waals surface area contributed by atoms with Gasteiger partial charge in [0.15, 0.2) is 0 Å². The van der Waals surface area contributed by atoms with E-state index in [2.05, 4.69) is 27.0 Å². The van der Waals surface area contributed by atoms with Gasteiger partial charge in [0, 0.05) is 25.5 Å². The summed E-state index contributed by atoms with van der Waals surface area (Å²) in [6, 6.07) is 4.82. The number of rotatable bonds is 7. The van der Waals surface area contributed by atoms with Crippen LogP contribution in [0.25, 0.3) is 5.57 Å². The Hall–Kier alpha value is -3.16. The molecule has 0 unspecified atom stereocenters. The predicted octanol–water partition coefficient (Wildman–Crippen LogP) is 4.61. The fourth-order valence-electron chi connectivity index (χ4n) is 3.86. The van der Waals surface area contributed by atoms with E-state index in [4.69, 9.17) is 11.6 Å². The number of sulfonamides is 1. The van der Waals surface area contributed by atoms with Crippen LogP contribution in [0.4, 0.5) is 17.6 Å². The van der Waals surface area contributed by atoms with Crippen molar-refractivity contribution in [3.63, 3.8) is 0 Å². The van der Waals surface area contributed by atoms with Gasteiger partial charge in [-0.2, -0.15) is 17.5 Å². The number of hydrogen-bond acceptors (Lipinski definition) is 5. The molecule has 14 heteroatoms. The first kappa shape index (κ1) is 29.4. The summed E-state index contributed by atoms with van der Waals surface area (Å²) in [7, 11) is -4.06. The molecule has 1 aromatic heterocycles. The van der Waals surface area contributed by atoms with E-state index in [-0.39, 0.29) is 40.2 Å². The molecule has 0 spiro atoms. The van der Waals surface area contributed by atoms with Crippen LogP contribution in [0.15, 0.2) is 57.6 Å². The van der Waals surface area contributed by atoms with Gasteiger partial charge in [0.2, 0.25) is 21.8 Å². The molecule has 1 aromatic carbocycles. The molecule has 2 atom stereocenters. The maximum atomic E-state index is 13.3. The second-order valence-electron chi connectivity index (χ2n) is 8.58. The van der Waals surface area contributed by atoms with Gasteiger partial charge in [0.05, 0.1) is 15.6 Å². The van der Waals surface area contributed by atoms with Crippen molar-refractivity contribution in [2.75, 3.05) is 6.54 Å². The normalized spacial score (nSPS) is 19.4. The zero-order valence-electron chi connectivity index (χ0n) is 20.3. The summed E-state index contributed by atoms with van der Waals surface area (Å²) in [6.45, 7) is 6.12. The van der Waals surface area contributed by atoms with E-state index in [1.54, 1.807) is 6.92 Å². The molecule has 1 aliphatic rings. The largest absolute Gasteiger partial charge is 0.451 e. The fraction of sp³-hybridized carbons (Fsp3) is 0.333. The van der Waals surface area contributed by atoms with E-state index in [0.29, 0.717) is 12.0 Å². The maximum Gasteiger partial charge on any atom is 0.451 e. The van der Waals surface area contributed by atoms with Crippen molar-refractivity contribution in [3.05, 3.63) is 64.8 Å². The molecule has 0 saturated carbocycles.